The maximum atomic E-state index is 13.1. The van der Waals surface area contributed by atoms with Gasteiger partial charge < -0.3 is 9.64 Å². The molecule has 0 unspecified atom stereocenters. The second kappa shape index (κ2) is 8.52. The van der Waals surface area contributed by atoms with E-state index in [9.17, 15) is 13.6 Å². The first-order valence-electron chi connectivity index (χ1n) is 9.75. The Hall–Kier alpha value is -3.80. The highest BCUT2D eigenvalue weighted by molar-refractivity contribution is 5.97. The zero-order valence-corrected chi connectivity index (χ0v) is 16.8. The van der Waals surface area contributed by atoms with Crippen molar-refractivity contribution >= 4 is 5.91 Å². The minimum Gasteiger partial charge on any atom is -0.487 e. The van der Waals surface area contributed by atoms with E-state index in [0.29, 0.717) is 6.54 Å². The predicted octanol–water partition coefficient (Wildman–Crippen LogP) is 3.50. The molecule has 0 bridgehead atoms. The van der Waals surface area contributed by atoms with Gasteiger partial charge in [-0.3, -0.25) is 9.78 Å². The third-order valence-corrected chi connectivity index (χ3v) is 5.00. The van der Waals surface area contributed by atoms with Crippen LogP contribution in [0.15, 0.2) is 42.7 Å². The van der Waals surface area contributed by atoms with E-state index in [4.69, 9.17) is 10.00 Å². The van der Waals surface area contributed by atoms with Crippen LogP contribution in [0.2, 0.25) is 0 Å². The fourth-order valence-corrected chi connectivity index (χ4v) is 3.45. The summed E-state index contributed by atoms with van der Waals surface area (Å²) < 4.78 is 32.0. The van der Waals surface area contributed by atoms with Crippen LogP contribution in [0.25, 0.3) is 5.69 Å². The number of carbonyl (C=O) groups excluding carboxylic acids is 1. The van der Waals surface area contributed by atoms with Crippen LogP contribution in [0, 0.1) is 11.3 Å². The average Bonchev–Trinajstić information content (AvgIpc) is 3.36. The quantitative estimate of drug-likeness (QED) is 0.606. The van der Waals surface area contributed by atoms with Crippen LogP contribution in [0.3, 0.4) is 0 Å². The Balaban J connectivity index is 1.55. The van der Waals surface area contributed by atoms with Gasteiger partial charge in [-0.2, -0.15) is 10.4 Å². The molecule has 0 saturated carbocycles. The Labute approximate surface area is 177 Å². The van der Waals surface area contributed by atoms with Gasteiger partial charge in [0, 0.05) is 30.2 Å². The zero-order chi connectivity index (χ0) is 22.0. The zero-order valence-electron chi connectivity index (χ0n) is 16.8. The van der Waals surface area contributed by atoms with E-state index >= 15 is 0 Å². The SMILES string of the molecule is CCc1cc(-n2cc3c(n2)CN(C(=O)c2cc(C#N)ccc2OCC(F)F)C3)ccn1. The number of alkyl halides is 2. The standard InChI is InChI=1S/C22H19F2N5O2/c1-2-16-8-17(5-6-26-16)29-11-15-10-28(12-19(15)27-29)22(30)18-7-14(9-25)3-4-20(18)31-13-21(23)24/h3-8,11,21H,2,10,12-13H2,1H3. The van der Waals surface area contributed by atoms with E-state index in [-0.39, 0.29) is 23.4 Å². The van der Waals surface area contributed by atoms with Gasteiger partial charge in [-0.15, -0.1) is 0 Å². The van der Waals surface area contributed by atoms with Crippen LogP contribution >= 0.6 is 0 Å². The summed E-state index contributed by atoms with van der Waals surface area (Å²) in [6, 6.07) is 9.95. The van der Waals surface area contributed by atoms with Crippen molar-refractivity contribution in [1.29, 1.82) is 5.26 Å². The average molecular weight is 423 g/mol. The summed E-state index contributed by atoms with van der Waals surface area (Å²) in [6.07, 6.45) is 1.75. The lowest BCUT2D eigenvalue weighted by atomic mass is 10.1. The topological polar surface area (TPSA) is 84.0 Å². The molecular weight excluding hydrogens is 404 g/mol. The van der Waals surface area contributed by atoms with Crippen LogP contribution in [0.5, 0.6) is 5.75 Å². The molecule has 9 heteroatoms. The number of benzene rings is 1. The lowest BCUT2D eigenvalue weighted by Gasteiger charge is -2.18. The Morgan fingerprint density at radius 1 is 1.29 bits per heavy atom. The fourth-order valence-electron chi connectivity index (χ4n) is 3.45. The van der Waals surface area contributed by atoms with Crippen LogP contribution in [0.4, 0.5) is 8.78 Å². The number of fused-ring (bicyclic) bond motifs is 1. The molecule has 1 aliphatic rings. The molecule has 1 aliphatic heterocycles. The van der Waals surface area contributed by atoms with Crippen molar-refractivity contribution in [2.45, 2.75) is 32.9 Å². The molecule has 158 valence electrons. The Morgan fingerprint density at radius 2 is 2.13 bits per heavy atom. The van der Waals surface area contributed by atoms with Crippen molar-refractivity contribution in [3.8, 4) is 17.5 Å². The molecular formula is C22H19F2N5O2. The monoisotopic (exact) mass is 423 g/mol. The number of pyridine rings is 1. The molecule has 7 nitrogen and oxygen atoms in total. The predicted molar refractivity (Wildman–Crippen MR) is 107 cm³/mol. The fraction of sp³-hybridized carbons (Fsp3) is 0.273. The minimum absolute atomic E-state index is 0.0304. The lowest BCUT2D eigenvalue weighted by molar-refractivity contribution is 0.0708. The van der Waals surface area contributed by atoms with E-state index in [1.165, 1.54) is 18.2 Å². The third-order valence-electron chi connectivity index (χ3n) is 5.00. The number of aromatic nitrogens is 3. The molecule has 1 amide bonds. The number of hydrogen-bond donors (Lipinski definition) is 0. The number of nitriles is 1. The number of ether oxygens (including phenoxy) is 1. The lowest BCUT2D eigenvalue weighted by Crippen LogP contribution is -2.27. The summed E-state index contributed by atoms with van der Waals surface area (Å²) in [5.41, 5.74) is 3.84. The van der Waals surface area contributed by atoms with Crippen molar-refractivity contribution in [2.75, 3.05) is 6.61 Å². The molecule has 0 aliphatic carbocycles. The van der Waals surface area contributed by atoms with Gasteiger partial charge in [-0.05, 0) is 36.8 Å². The molecule has 3 aromatic rings. The van der Waals surface area contributed by atoms with Gasteiger partial charge >= 0.3 is 0 Å². The number of aryl methyl sites for hydroxylation is 1. The Kier molecular flexibility index (Phi) is 5.62. The minimum atomic E-state index is -2.67. The van der Waals surface area contributed by atoms with Crippen molar-refractivity contribution in [1.82, 2.24) is 19.7 Å². The highest BCUT2D eigenvalue weighted by Crippen LogP contribution is 2.28. The van der Waals surface area contributed by atoms with Crippen molar-refractivity contribution in [3.63, 3.8) is 0 Å². The van der Waals surface area contributed by atoms with Gasteiger partial charge in [0.2, 0.25) is 0 Å². The molecule has 0 atom stereocenters. The molecule has 0 spiro atoms. The smallest absolute Gasteiger partial charge is 0.272 e. The normalized spacial score (nSPS) is 12.7. The van der Waals surface area contributed by atoms with Gasteiger partial charge in [0.1, 0.15) is 12.4 Å². The number of hydrogen-bond acceptors (Lipinski definition) is 5. The molecule has 0 saturated heterocycles. The second-order valence-corrected chi connectivity index (χ2v) is 7.09. The highest BCUT2D eigenvalue weighted by atomic mass is 19.3. The molecule has 0 N–H and O–H groups in total. The number of halogens is 2. The van der Waals surface area contributed by atoms with Gasteiger partial charge in [0.15, 0.2) is 0 Å². The second-order valence-electron chi connectivity index (χ2n) is 7.09. The van der Waals surface area contributed by atoms with Crippen molar-refractivity contribution < 1.29 is 18.3 Å². The third kappa shape index (κ3) is 4.23. The largest absolute Gasteiger partial charge is 0.487 e. The maximum absolute atomic E-state index is 13.1. The summed E-state index contributed by atoms with van der Waals surface area (Å²) in [5, 5.41) is 13.7. The van der Waals surface area contributed by atoms with Crippen LogP contribution in [0.1, 0.15) is 39.8 Å². The van der Waals surface area contributed by atoms with Crippen molar-refractivity contribution in [3.05, 3.63) is 70.8 Å². The molecule has 4 rings (SSSR count). The van der Waals surface area contributed by atoms with Crippen LogP contribution in [-0.2, 0) is 19.5 Å². The number of rotatable bonds is 6. The summed E-state index contributed by atoms with van der Waals surface area (Å²) in [7, 11) is 0. The maximum Gasteiger partial charge on any atom is 0.272 e. The van der Waals surface area contributed by atoms with Gasteiger partial charge in [-0.1, -0.05) is 6.92 Å². The number of amides is 1. The summed E-state index contributed by atoms with van der Waals surface area (Å²) in [6.45, 7) is 1.80. The van der Waals surface area contributed by atoms with Crippen molar-refractivity contribution in [2.24, 2.45) is 0 Å². The first kappa shape index (κ1) is 20.5. The van der Waals surface area contributed by atoms with Gasteiger partial charge in [0.25, 0.3) is 12.3 Å². The molecule has 3 heterocycles. The van der Waals surface area contributed by atoms with Gasteiger partial charge in [0.05, 0.1) is 35.1 Å². The van der Waals surface area contributed by atoms with E-state index in [1.807, 2.05) is 31.3 Å². The Bertz CT molecular complexity index is 1150. The summed E-state index contributed by atoms with van der Waals surface area (Å²) >= 11 is 0. The number of carbonyl (C=O) groups is 1. The highest BCUT2D eigenvalue weighted by Gasteiger charge is 2.29. The first-order valence-corrected chi connectivity index (χ1v) is 9.75. The van der Waals surface area contributed by atoms with Crippen LogP contribution < -0.4 is 4.74 Å². The number of nitrogens with zero attached hydrogens (tertiary/aromatic N) is 5. The molecule has 31 heavy (non-hydrogen) atoms. The van der Waals surface area contributed by atoms with E-state index < -0.39 is 18.9 Å². The molecule has 0 radical (unpaired) electrons. The molecule has 1 aromatic carbocycles. The van der Waals surface area contributed by atoms with E-state index in [1.54, 1.807) is 15.8 Å². The van der Waals surface area contributed by atoms with E-state index in [0.717, 1.165) is 29.1 Å². The first-order chi connectivity index (χ1) is 15.0. The van der Waals surface area contributed by atoms with Crippen LogP contribution in [-0.4, -0.2) is 38.6 Å². The Morgan fingerprint density at radius 3 is 2.84 bits per heavy atom. The van der Waals surface area contributed by atoms with Gasteiger partial charge in [-0.25, -0.2) is 13.5 Å². The van der Waals surface area contributed by atoms with E-state index in [2.05, 4.69) is 10.1 Å². The summed E-state index contributed by atoms with van der Waals surface area (Å²) in [4.78, 5) is 18.9. The summed E-state index contributed by atoms with van der Waals surface area (Å²) in [5.74, 6) is -0.370. The molecule has 2 aromatic heterocycles. The molecule has 0 fully saturated rings.